The topological polar surface area (TPSA) is 26.3 Å². The highest BCUT2D eigenvalue weighted by Gasteiger charge is 2.33. The first-order valence-corrected chi connectivity index (χ1v) is 6.51. The summed E-state index contributed by atoms with van der Waals surface area (Å²) in [6.45, 7) is 0. The van der Waals surface area contributed by atoms with Gasteiger partial charge in [-0.3, -0.25) is 4.79 Å². The van der Waals surface area contributed by atoms with E-state index in [0.717, 1.165) is 24.3 Å². The van der Waals surface area contributed by atoms with Gasteiger partial charge < -0.3 is 4.74 Å². The van der Waals surface area contributed by atoms with Crippen LogP contribution >= 0.6 is 0 Å². The van der Waals surface area contributed by atoms with E-state index in [1.165, 1.54) is 18.2 Å². The number of halogens is 4. The lowest BCUT2D eigenvalue weighted by atomic mass is 9.95. The largest absolute Gasteiger partial charge is 0.484 e. The molecular formula is C16H10F4O2. The maximum Gasteiger partial charge on any atom is 0.416 e. The minimum Gasteiger partial charge on any atom is -0.484 e. The minimum absolute atomic E-state index is 0.114. The van der Waals surface area contributed by atoms with Crippen LogP contribution in [0.1, 0.15) is 34.0 Å². The van der Waals surface area contributed by atoms with E-state index < -0.39 is 23.7 Å². The van der Waals surface area contributed by atoms with Crippen LogP contribution in [0.5, 0.6) is 5.75 Å². The van der Waals surface area contributed by atoms with Crippen LogP contribution in [0.3, 0.4) is 0 Å². The molecule has 1 aliphatic heterocycles. The van der Waals surface area contributed by atoms with Crippen LogP contribution in [0, 0.1) is 5.82 Å². The molecule has 1 unspecified atom stereocenters. The van der Waals surface area contributed by atoms with Crippen LogP contribution in [-0.4, -0.2) is 5.78 Å². The van der Waals surface area contributed by atoms with Crippen LogP contribution in [0.25, 0.3) is 0 Å². The Bertz CT molecular complexity index is 737. The summed E-state index contributed by atoms with van der Waals surface area (Å²) in [4.78, 5) is 12.0. The number of ether oxygens (including phenoxy) is 1. The average molecular weight is 310 g/mol. The number of hydrogen-bond acceptors (Lipinski definition) is 2. The van der Waals surface area contributed by atoms with Crippen LogP contribution in [0.2, 0.25) is 0 Å². The fourth-order valence-electron chi connectivity index (χ4n) is 2.40. The summed E-state index contributed by atoms with van der Waals surface area (Å²) in [5.74, 6) is -0.739. The second kappa shape index (κ2) is 5.12. The van der Waals surface area contributed by atoms with E-state index in [0.29, 0.717) is 0 Å². The molecule has 0 saturated carbocycles. The maximum atomic E-state index is 13.1. The zero-order valence-corrected chi connectivity index (χ0v) is 11.2. The summed E-state index contributed by atoms with van der Waals surface area (Å²) >= 11 is 0. The third-order valence-corrected chi connectivity index (χ3v) is 3.47. The average Bonchev–Trinajstić information content (AvgIpc) is 2.47. The van der Waals surface area contributed by atoms with Gasteiger partial charge in [-0.2, -0.15) is 13.2 Å². The third kappa shape index (κ3) is 2.68. The number of carbonyl (C=O) groups excluding carboxylic acids is 1. The van der Waals surface area contributed by atoms with Crippen molar-refractivity contribution in [2.24, 2.45) is 0 Å². The van der Waals surface area contributed by atoms with Crippen LogP contribution in [-0.2, 0) is 6.18 Å². The maximum absolute atomic E-state index is 13.1. The van der Waals surface area contributed by atoms with E-state index in [9.17, 15) is 22.4 Å². The monoisotopic (exact) mass is 310 g/mol. The standard InChI is InChI=1S/C16H10F4O2/c17-11-4-5-14-12(7-11)13(21)8-15(22-14)9-2-1-3-10(6-9)16(18,19)20/h1-7,15H,8H2. The second-order valence-corrected chi connectivity index (χ2v) is 5.00. The summed E-state index contributed by atoms with van der Waals surface area (Å²) in [6, 6.07) is 8.18. The number of Topliss-reactive ketones (excluding diaryl/α,β-unsaturated/α-hetero) is 1. The zero-order valence-electron chi connectivity index (χ0n) is 11.2. The smallest absolute Gasteiger partial charge is 0.416 e. The van der Waals surface area contributed by atoms with Crippen molar-refractivity contribution in [3.8, 4) is 5.75 Å². The number of ketones is 1. The van der Waals surface area contributed by atoms with E-state index >= 15 is 0 Å². The first-order valence-electron chi connectivity index (χ1n) is 6.51. The summed E-state index contributed by atoms with van der Waals surface area (Å²) in [5, 5.41) is 0. The van der Waals surface area contributed by atoms with Crippen molar-refractivity contribution in [1.29, 1.82) is 0 Å². The summed E-state index contributed by atoms with van der Waals surface area (Å²) in [7, 11) is 0. The Morgan fingerprint density at radius 2 is 1.86 bits per heavy atom. The number of benzene rings is 2. The van der Waals surface area contributed by atoms with Gasteiger partial charge in [-0.25, -0.2) is 4.39 Å². The lowest BCUT2D eigenvalue weighted by Crippen LogP contribution is -2.21. The normalized spacial score (nSPS) is 17.8. The van der Waals surface area contributed by atoms with Crippen LogP contribution in [0.4, 0.5) is 17.6 Å². The fraction of sp³-hybridized carbons (Fsp3) is 0.188. The molecule has 6 heteroatoms. The van der Waals surface area contributed by atoms with E-state index in [1.54, 1.807) is 0 Å². The Morgan fingerprint density at radius 3 is 2.59 bits per heavy atom. The molecule has 22 heavy (non-hydrogen) atoms. The molecule has 2 aromatic rings. The van der Waals surface area contributed by atoms with Gasteiger partial charge in [0.2, 0.25) is 0 Å². The van der Waals surface area contributed by atoms with Gasteiger partial charge in [0.15, 0.2) is 5.78 Å². The van der Waals surface area contributed by atoms with E-state index in [-0.39, 0.29) is 29.1 Å². The Kier molecular flexibility index (Phi) is 3.39. The van der Waals surface area contributed by atoms with Gasteiger partial charge in [-0.15, -0.1) is 0 Å². The molecule has 0 spiro atoms. The van der Waals surface area contributed by atoms with Gasteiger partial charge in [0.05, 0.1) is 17.5 Å². The number of alkyl halides is 3. The number of carbonyl (C=O) groups is 1. The first-order chi connectivity index (χ1) is 10.3. The summed E-state index contributed by atoms with van der Waals surface area (Å²) < 4.78 is 56.9. The quantitative estimate of drug-likeness (QED) is 0.722. The number of fused-ring (bicyclic) bond motifs is 1. The molecule has 0 amide bonds. The molecule has 0 fully saturated rings. The molecule has 1 heterocycles. The van der Waals surface area contributed by atoms with Gasteiger partial charge in [0.25, 0.3) is 0 Å². The SMILES string of the molecule is O=C1CC(c2cccc(C(F)(F)F)c2)Oc2ccc(F)cc21. The van der Waals surface area contributed by atoms with E-state index in [4.69, 9.17) is 4.74 Å². The Hall–Kier alpha value is -2.37. The molecule has 1 aliphatic rings. The second-order valence-electron chi connectivity index (χ2n) is 5.00. The summed E-state index contributed by atoms with van der Waals surface area (Å²) in [5.41, 5.74) is -0.424. The van der Waals surface area contributed by atoms with Crippen molar-refractivity contribution >= 4 is 5.78 Å². The highest BCUT2D eigenvalue weighted by molar-refractivity contribution is 6.00. The minimum atomic E-state index is -4.46. The Labute approximate surface area is 123 Å². The lowest BCUT2D eigenvalue weighted by Gasteiger charge is -2.26. The number of rotatable bonds is 1. The van der Waals surface area contributed by atoms with Crippen LogP contribution in [0.15, 0.2) is 42.5 Å². The van der Waals surface area contributed by atoms with Crippen molar-refractivity contribution in [2.75, 3.05) is 0 Å². The summed E-state index contributed by atoms with van der Waals surface area (Å²) in [6.07, 6.45) is -5.40. The molecule has 3 rings (SSSR count). The Balaban J connectivity index is 1.95. The van der Waals surface area contributed by atoms with Crippen molar-refractivity contribution in [1.82, 2.24) is 0 Å². The predicted octanol–water partition coefficient (Wildman–Crippen LogP) is 4.55. The number of hydrogen-bond donors (Lipinski definition) is 0. The molecule has 0 N–H and O–H groups in total. The van der Waals surface area contributed by atoms with Crippen molar-refractivity contribution in [2.45, 2.75) is 18.7 Å². The van der Waals surface area contributed by atoms with Gasteiger partial charge in [0, 0.05) is 0 Å². The lowest BCUT2D eigenvalue weighted by molar-refractivity contribution is -0.137. The van der Waals surface area contributed by atoms with E-state index in [2.05, 4.69) is 0 Å². The van der Waals surface area contributed by atoms with Crippen molar-refractivity contribution < 1.29 is 27.1 Å². The van der Waals surface area contributed by atoms with Gasteiger partial charge in [-0.05, 0) is 35.9 Å². The predicted molar refractivity (Wildman–Crippen MR) is 70.2 cm³/mol. The third-order valence-electron chi connectivity index (χ3n) is 3.47. The first kappa shape index (κ1) is 14.6. The molecule has 0 radical (unpaired) electrons. The molecule has 0 bridgehead atoms. The molecule has 1 atom stereocenters. The molecule has 2 aromatic carbocycles. The van der Waals surface area contributed by atoms with Gasteiger partial charge >= 0.3 is 6.18 Å². The van der Waals surface area contributed by atoms with Gasteiger partial charge in [-0.1, -0.05) is 12.1 Å². The fourth-order valence-corrected chi connectivity index (χ4v) is 2.40. The van der Waals surface area contributed by atoms with Crippen molar-refractivity contribution in [3.05, 3.63) is 65.0 Å². The highest BCUT2D eigenvalue weighted by Crippen LogP contribution is 2.37. The molecule has 114 valence electrons. The highest BCUT2D eigenvalue weighted by atomic mass is 19.4. The molecular weight excluding hydrogens is 300 g/mol. The molecule has 0 aliphatic carbocycles. The van der Waals surface area contributed by atoms with E-state index in [1.807, 2.05) is 0 Å². The molecule has 0 saturated heterocycles. The van der Waals surface area contributed by atoms with Crippen molar-refractivity contribution in [3.63, 3.8) is 0 Å². The van der Waals surface area contributed by atoms with Gasteiger partial charge in [0.1, 0.15) is 17.7 Å². The Morgan fingerprint density at radius 1 is 1.09 bits per heavy atom. The van der Waals surface area contributed by atoms with Crippen LogP contribution < -0.4 is 4.74 Å². The molecule has 2 nitrogen and oxygen atoms in total. The molecule has 0 aromatic heterocycles. The zero-order chi connectivity index (χ0) is 15.9.